The van der Waals surface area contributed by atoms with E-state index in [1.165, 1.54) is 36.4 Å². The molecule has 0 aliphatic rings. The molecular weight excluding hydrogens is 232 g/mol. The molecule has 0 aromatic heterocycles. The van der Waals surface area contributed by atoms with Crippen LogP contribution in [-0.4, -0.2) is 0 Å². The Morgan fingerprint density at radius 1 is 1.00 bits per heavy atom. The maximum atomic E-state index is 13.7. The molecule has 0 aliphatic carbocycles. The van der Waals surface area contributed by atoms with E-state index < -0.39 is 5.82 Å². The van der Waals surface area contributed by atoms with Gasteiger partial charge in [-0.15, -0.1) is 0 Å². The SMILES string of the molecule is Nc1cc(Cl)c(F)c(-c2ccc(F)cc2)c1. The summed E-state index contributed by atoms with van der Waals surface area (Å²) in [6.45, 7) is 0. The number of nitrogen functional groups attached to an aromatic ring is 1. The van der Waals surface area contributed by atoms with E-state index in [4.69, 9.17) is 17.3 Å². The van der Waals surface area contributed by atoms with Gasteiger partial charge in [0.15, 0.2) is 0 Å². The highest BCUT2D eigenvalue weighted by Crippen LogP contribution is 2.30. The average molecular weight is 240 g/mol. The summed E-state index contributed by atoms with van der Waals surface area (Å²) in [4.78, 5) is 0. The lowest BCUT2D eigenvalue weighted by molar-refractivity contribution is 0.626. The predicted octanol–water partition coefficient (Wildman–Crippen LogP) is 3.87. The molecule has 0 heterocycles. The minimum Gasteiger partial charge on any atom is -0.399 e. The number of hydrogen-bond donors (Lipinski definition) is 1. The van der Waals surface area contributed by atoms with Gasteiger partial charge in [-0.3, -0.25) is 0 Å². The lowest BCUT2D eigenvalue weighted by Crippen LogP contribution is -1.91. The van der Waals surface area contributed by atoms with Gasteiger partial charge < -0.3 is 5.73 Å². The Labute approximate surface area is 96.5 Å². The van der Waals surface area contributed by atoms with Crippen molar-refractivity contribution in [3.63, 3.8) is 0 Å². The van der Waals surface area contributed by atoms with Crippen molar-refractivity contribution in [1.29, 1.82) is 0 Å². The lowest BCUT2D eigenvalue weighted by atomic mass is 10.0. The standard InChI is InChI=1S/C12H8ClF2N/c13-11-6-9(16)5-10(12(11)15)7-1-3-8(14)4-2-7/h1-6H,16H2. The smallest absolute Gasteiger partial charge is 0.149 e. The third-order valence-electron chi connectivity index (χ3n) is 2.21. The monoisotopic (exact) mass is 239 g/mol. The first-order valence-electron chi connectivity index (χ1n) is 4.58. The molecule has 0 atom stereocenters. The molecule has 2 aromatic carbocycles. The summed E-state index contributed by atoms with van der Waals surface area (Å²) in [6.07, 6.45) is 0. The zero-order valence-electron chi connectivity index (χ0n) is 8.18. The molecule has 1 nitrogen and oxygen atoms in total. The normalized spacial score (nSPS) is 10.4. The summed E-state index contributed by atoms with van der Waals surface area (Å²) in [5.41, 5.74) is 6.74. The first kappa shape index (κ1) is 10.9. The van der Waals surface area contributed by atoms with E-state index in [2.05, 4.69) is 0 Å². The van der Waals surface area contributed by atoms with Crippen LogP contribution in [0, 0.1) is 11.6 Å². The Morgan fingerprint density at radius 3 is 2.25 bits per heavy atom. The van der Waals surface area contributed by atoms with Gasteiger partial charge in [-0.1, -0.05) is 23.7 Å². The maximum Gasteiger partial charge on any atom is 0.149 e. The highest BCUT2D eigenvalue weighted by molar-refractivity contribution is 6.31. The van der Waals surface area contributed by atoms with Crippen molar-refractivity contribution in [3.05, 3.63) is 53.1 Å². The molecule has 0 amide bonds. The number of benzene rings is 2. The van der Waals surface area contributed by atoms with Crippen LogP contribution in [0.4, 0.5) is 14.5 Å². The van der Waals surface area contributed by atoms with Crippen molar-refractivity contribution in [2.24, 2.45) is 0 Å². The number of hydrogen-bond acceptors (Lipinski definition) is 1. The van der Waals surface area contributed by atoms with Gasteiger partial charge in [-0.25, -0.2) is 8.78 Å². The Hall–Kier alpha value is -1.61. The van der Waals surface area contributed by atoms with E-state index in [0.717, 1.165) is 0 Å². The Kier molecular flexibility index (Phi) is 2.79. The zero-order valence-corrected chi connectivity index (χ0v) is 8.93. The number of rotatable bonds is 1. The molecule has 0 unspecified atom stereocenters. The fourth-order valence-electron chi connectivity index (χ4n) is 1.45. The van der Waals surface area contributed by atoms with Gasteiger partial charge >= 0.3 is 0 Å². The van der Waals surface area contributed by atoms with Crippen molar-refractivity contribution >= 4 is 17.3 Å². The van der Waals surface area contributed by atoms with Crippen LogP contribution in [0.5, 0.6) is 0 Å². The minimum atomic E-state index is -0.553. The van der Waals surface area contributed by atoms with Crippen molar-refractivity contribution in [3.8, 4) is 11.1 Å². The third-order valence-corrected chi connectivity index (χ3v) is 2.48. The molecule has 82 valence electrons. The third kappa shape index (κ3) is 1.99. The van der Waals surface area contributed by atoms with Crippen LogP contribution in [0.1, 0.15) is 0 Å². The van der Waals surface area contributed by atoms with Crippen LogP contribution in [0.15, 0.2) is 36.4 Å². The second-order valence-electron chi connectivity index (χ2n) is 3.37. The molecule has 0 saturated heterocycles. The number of anilines is 1. The molecule has 0 spiro atoms. The summed E-state index contributed by atoms with van der Waals surface area (Å²) >= 11 is 5.67. The van der Waals surface area contributed by atoms with E-state index >= 15 is 0 Å². The van der Waals surface area contributed by atoms with E-state index in [0.29, 0.717) is 11.3 Å². The summed E-state index contributed by atoms with van der Waals surface area (Å²) in [7, 11) is 0. The average Bonchev–Trinajstić information content (AvgIpc) is 2.25. The van der Waals surface area contributed by atoms with E-state index in [1.54, 1.807) is 0 Å². The second-order valence-corrected chi connectivity index (χ2v) is 3.78. The maximum absolute atomic E-state index is 13.7. The molecule has 0 radical (unpaired) electrons. The van der Waals surface area contributed by atoms with Crippen molar-refractivity contribution in [2.45, 2.75) is 0 Å². The summed E-state index contributed by atoms with van der Waals surface area (Å²) in [5, 5.41) is -0.0423. The van der Waals surface area contributed by atoms with Gasteiger partial charge in [0.25, 0.3) is 0 Å². The predicted molar refractivity (Wildman–Crippen MR) is 61.2 cm³/mol. The number of halogens is 3. The molecule has 16 heavy (non-hydrogen) atoms. The molecule has 0 fully saturated rings. The van der Waals surface area contributed by atoms with Crippen LogP contribution in [0.25, 0.3) is 11.1 Å². The van der Waals surface area contributed by atoms with Crippen molar-refractivity contribution < 1.29 is 8.78 Å². The number of nitrogens with two attached hydrogens (primary N) is 1. The van der Waals surface area contributed by atoms with Crippen LogP contribution in [0.3, 0.4) is 0 Å². The summed E-state index contributed by atoms with van der Waals surface area (Å²) < 4.78 is 26.4. The summed E-state index contributed by atoms with van der Waals surface area (Å²) in [5.74, 6) is -0.929. The molecule has 2 N–H and O–H groups in total. The highest BCUT2D eigenvalue weighted by atomic mass is 35.5. The fraction of sp³-hybridized carbons (Fsp3) is 0. The van der Waals surface area contributed by atoms with Gasteiger partial charge in [-0.2, -0.15) is 0 Å². The molecular formula is C12H8ClF2N. The minimum absolute atomic E-state index is 0.0423. The van der Waals surface area contributed by atoms with E-state index in [-0.39, 0.29) is 16.4 Å². The van der Waals surface area contributed by atoms with Crippen LogP contribution in [-0.2, 0) is 0 Å². The van der Waals surface area contributed by atoms with E-state index in [9.17, 15) is 8.78 Å². The summed E-state index contributed by atoms with van der Waals surface area (Å²) in [6, 6.07) is 8.27. The molecule has 0 saturated carbocycles. The van der Waals surface area contributed by atoms with Crippen molar-refractivity contribution in [2.75, 3.05) is 5.73 Å². The first-order valence-corrected chi connectivity index (χ1v) is 4.96. The Bertz CT molecular complexity index is 523. The quantitative estimate of drug-likeness (QED) is 0.751. The highest BCUT2D eigenvalue weighted by Gasteiger charge is 2.10. The zero-order chi connectivity index (χ0) is 11.7. The topological polar surface area (TPSA) is 26.0 Å². The van der Waals surface area contributed by atoms with Gasteiger partial charge in [0.05, 0.1) is 5.02 Å². The van der Waals surface area contributed by atoms with Crippen LogP contribution < -0.4 is 5.73 Å². The van der Waals surface area contributed by atoms with Crippen LogP contribution >= 0.6 is 11.6 Å². The Balaban J connectivity index is 2.59. The van der Waals surface area contributed by atoms with Gasteiger partial charge in [-0.05, 0) is 29.8 Å². The van der Waals surface area contributed by atoms with Gasteiger partial charge in [0.1, 0.15) is 11.6 Å². The molecule has 0 aliphatic heterocycles. The van der Waals surface area contributed by atoms with Crippen LogP contribution in [0.2, 0.25) is 5.02 Å². The second kappa shape index (κ2) is 4.10. The van der Waals surface area contributed by atoms with E-state index in [1.807, 2.05) is 0 Å². The van der Waals surface area contributed by atoms with Gasteiger partial charge in [0.2, 0.25) is 0 Å². The molecule has 2 aromatic rings. The largest absolute Gasteiger partial charge is 0.399 e. The molecule has 4 heteroatoms. The van der Waals surface area contributed by atoms with Crippen molar-refractivity contribution in [1.82, 2.24) is 0 Å². The van der Waals surface area contributed by atoms with Gasteiger partial charge in [0, 0.05) is 11.3 Å². The first-order chi connectivity index (χ1) is 7.58. The molecule has 2 rings (SSSR count). The molecule has 0 bridgehead atoms. The fourth-order valence-corrected chi connectivity index (χ4v) is 1.68. The Morgan fingerprint density at radius 2 is 1.62 bits per heavy atom. The lowest BCUT2D eigenvalue weighted by Gasteiger charge is -2.06.